The first-order valence-electron chi connectivity index (χ1n) is 9.59. The van der Waals surface area contributed by atoms with Crippen LogP contribution < -0.4 is 14.9 Å². The van der Waals surface area contributed by atoms with Crippen LogP contribution in [0.15, 0.2) is 48.7 Å². The van der Waals surface area contributed by atoms with Crippen LogP contribution in [0.3, 0.4) is 0 Å². The summed E-state index contributed by atoms with van der Waals surface area (Å²) in [5.41, 5.74) is 5.64. The molecule has 1 fully saturated rings. The van der Waals surface area contributed by atoms with Crippen molar-refractivity contribution >= 4 is 61.3 Å². The molecule has 1 aliphatic rings. The fourth-order valence-corrected chi connectivity index (χ4v) is 5.72. The number of H-pyrrole nitrogens is 1. The first-order chi connectivity index (χ1) is 14.7. The van der Waals surface area contributed by atoms with E-state index in [-0.39, 0.29) is 12.1 Å². The summed E-state index contributed by atoms with van der Waals surface area (Å²) in [5.74, 6) is 0. The molecule has 1 saturated heterocycles. The highest BCUT2D eigenvalue weighted by atomic mass is 127. The van der Waals surface area contributed by atoms with Gasteiger partial charge in [-0.15, -0.1) is 0 Å². The second kappa shape index (κ2) is 8.40. The van der Waals surface area contributed by atoms with Gasteiger partial charge < -0.3 is 15.2 Å². The minimum Gasteiger partial charge on any atom is -0.362 e. The van der Waals surface area contributed by atoms with E-state index in [0.717, 1.165) is 32.6 Å². The summed E-state index contributed by atoms with van der Waals surface area (Å²) in [5, 5.41) is 4.05. The number of aromatic nitrogens is 2. The van der Waals surface area contributed by atoms with Crippen molar-refractivity contribution < 1.29 is 8.42 Å². The standard InChI is InChI=1S/C21H22IN5O2S2/c1-12-17(18(22)13(2)24-12)20-19(16-6-4-5-11-23-16)25-21(30)27(20)15-9-7-14(8-10-15)26-31(3,28)29/h4-11,19-20,24,26H,1-3H3,(H,25,30). The van der Waals surface area contributed by atoms with Gasteiger partial charge in [-0.2, -0.15) is 0 Å². The maximum atomic E-state index is 11.5. The molecule has 3 N–H and O–H groups in total. The zero-order valence-corrected chi connectivity index (χ0v) is 21.0. The van der Waals surface area contributed by atoms with E-state index in [9.17, 15) is 8.42 Å². The van der Waals surface area contributed by atoms with E-state index in [0.29, 0.717) is 10.8 Å². The number of hydrogen-bond acceptors (Lipinski definition) is 4. The second-order valence-electron chi connectivity index (χ2n) is 7.52. The summed E-state index contributed by atoms with van der Waals surface area (Å²) in [6.45, 7) is 4.13. The normalized spacial score (nSPS) is 18.8. The molecular formula is C21H22IN5O2S2. The van der Waals surface area contributed by atoms with E-state index in [2.05, 4.69) is 61.3 Å². The summed E-state index contributed by atoms with van der Waals surface area (Å²) in [6.07, 6.45) is 2.92. The van der Waals surface area contributed by atoms with Gasteiger partial charge in [0.25, 0.3) is 0 Å². The van der Waals surface area contributed by atoms with Crippen LogP contribution in [0.2, 0.25) is 0 Å². The maximum absolute atomic E-state index is 11.5. The van der Waals surface area contributed by atoms with Crippen LogP contribution in [0.25, 0.3) is 0 Å². The maximum Gasteiger partial charge on any atom is 0.229 e. The average Bonchev–Trinajstić information content (AvgIpc) is 3.17. The quantitative estimate of drug-likeness (QED) is 0.317. The molecule has 0 spiro atoms. The smallest absolute Gasteiger partial charge is 0.229 e. The molecule has 31 heavy (non-hydrogen) atoms. The number of nitrogens with one attached hydrogen (secondary N) is 3. The van der Waals surface area contributed by atoms with Crippen molar-refractivity contribution in [3.05, 3.63) is 74.9 Å². The van der Waals surface area contributed by atoms with Crippen molar-refractivity contribution in [2.45, 2.75) is 25.9 Å². The molecule has 0 amide bonds. The second-order valence-corrected chi connectivity index (χ2v) is 10.7. The summed E-state index contributed by atoms with van der Waals surface area (Å²) in [6, 6.07) is 12.8. The monoisotopic (exact) mass is 567 g/mol. The number of thiocarbonyl (C=S) groups is 1. The lowest BCUT2D eigenvalue weighted by Crippen LogP contribution is -2.29. The van der Waals surface area contributed by atoms with E-state index < -0.39 is 10.0 Å². The molecule has 7 nitrogen and oxygen atoms in total. The number of rotatable bonds is 5. The number of pyridine rings is 1. The van der Waals surface area contributed by atoms with E-state index in [1.807, 2.05) is 30.3 Å². The van der Waals surface area contributed by atoms with Gasteiger partial charge in [-0.1, -0.05) is 6.07 Å². The van der Waals surface area contributed by atoms with E-state index in [1.165, 1.54) is 5.56 Å². The van der Waals surface area contributed by atoms with Crippen molar-refractivity contribution in [2.75, 3.05) is 15.9 Å². The molecule has 3 aromatic rings. The number of sulfonamides is 1. The van der Waals surface area contributed by atoms with Gasteiger partial charge in [0.15, 0.2) is 5.11 Å². The number of aryl methyl sites for hydroxylation is 2. The van der Waals surface area contributed by atoms with Crippen LogP contribution in [0.5, 0.6) is 0 Å². The van der Waals surface area contributed by atoms with E-state index in [4.69, 9.17) is 12.2 Å². The molecule has 1 aliphatic heterocycles. The summed E-state index contributed by atoms with van der Waals surface area (Å²) >= 11 is 8.13. The van der Waals surface area contributed by atoms with Crippen LogP contribution in [-0.4, -0.2) is 29.8 Å². The summed E-state index contributed by atoms with van der Waals surface area (Å²) in [7, 11) is -3.34. The number of nitrogens with zero attached hydrogens (tertiary/aromatic N) is 2. The third-order valence-corrected chi connectivity index (χ3v) is 7.50. The molecule has 2 unspecified atom stereocenters. The molecule has 162 valence electrons. The van der Waals surface area contributed by atoms with Crippen molar-refractivity contribution in [1.29, 1.82) is 0 Å². The molecule has 0 radical (unpaired) electrons. The molecule has 1 aromatic carbocycles. The lowest BCUT2D eigenvalue weighted by atomic mass is 9.96. The van der Waals surface area contributed by atoms with Crippen molar-refractivity contribution in [3.8, 4) is 0 Å². The number of halogens is 1. The number of hydrogen-bond donors (Lipinski definition) is 3. The number of benzene rings is 1. The highest BCUT2D eigenvalue weighted by Gasteiger charge is 2.42. The molecule has 0 bridgehead atoms. The first kappa shape index (κ1) is 22.0. The molecular weight excluding hydrogens is 545 g/mol. The summed E-state index contributed by atoms with van der Waals surface area (Å²) < 4.78 is 26.7. The van der Waals surface area contributed by atoms with Crippen molar-refractivity contribution in [3.63, 3.8) is 0 Å². The highest BCUT2D eigenvalue weighted by molar-refractivity contribution is 14.1. The predicted octanol–water partition coefficient (Wildman–Crippen LogP) is 4.18. The van der Waals surface area contributed by atoms with Gasteiger partial charge in [-0.3, -0.25) is 9.71 Å². The minimum absolute atomic E-state index is 0.118. The molecule has 4 rings (SSSR count). The van der Waals surface area contributed by atoms with Crippen molar-refractivity contribution in [1.82, 2.24) is 15.3 Å². The van der Waals surface area contributed by atoms with Gasteiger partial charge in [0.05, 0.1) is 24.0 Å². The van der Waals surface area contributed by atoms with Crippen LogP contribution in [0.4, 0.5) is 11.4 Å². The summed E-state index contributed by atoms with van der Waals surface area (Å²) in [4.78, 5) is 10.1. The van der Waals surface area contributed by atoms with E-state index in [1.54, 1.807) is 18.3 Å². The Bertz CT molecular complexity index is 1230. The Kier molecular flexibility index (Phi) is 5.97. The Morgan fingerprint density at radius 3 is 2.39 bits per heavy atom. The fourth-order valence-electron chi connectivity index (χ4n) is 3.95. The molecule has 2 atom stereocenters. The van der Waals surface area contributed by atoms with Gasteiger partial charge in [-0.05, 0) is 85.1 Å². The Balaban J connectivity index is 1.81. The van der Waals surface area contributed by atoms with Crippen LogP contribution in [-0.2, 0) is 10.0 Å². The lowest BCUT2D eigenvalue weighted by molar-refractivity contribution is 0.564. The number of anilines is 2. The third kappa shape index (κ3) is 4.41. The average molecular weight is 567 g/mol. The van der Waals surface area contributed by atoms with E-state index >= 15 is 0 Å². The Morgan fingerprint density at radius 2 is 1.84 bits per heavy atom. The number of aromatic amines is 1. The largest absolute Gasteiger partial charge is 0.362 e. The van der Waals surface area contributed by atoms with Crippen LogP contribution in [0, 0.1) is 17.4 Å². The fraction of sp³-hybridized carbons (Fsp3) is 0.238. The third-order valence-electron chi connectivity index (χ3n) is 5.19. The van der Waals surface area contributed by atoms with Gasteiger partial charge in [0, 0.05) is 38.1 Å². The van der Waals surface area contributed by atoms with Crippen molar-refractivity contribution in [2.24, 2.45) is 0 Å². The zero-order valence-electron chi connectivity index (χ0n) is 17.2. The van der Waals surface area contributed by atoms with Gasteiger partial charge in [0.1, 0.15) is 0 Å². The molecule has 2 aromatic heterocycles. The Hall–Kier alpha value is -2.18. The van der Waals surface area contributed by atoms with Crippen LogP contribution >= 0.6 is 34.8 Å². The lowest BCUT2D eigenvalue weighted by Gasteiger charge is -2.28. The van der Waals surface area contributed by atoms with Crippen LogP contribution in [0.1, 0.15) is 34.7 Å². The topological polar surface area (TPSA) is 90.1 Å². The van der Waals surface area contributed by atoms with Gasteiger partial charge in [0.2, 0.25) is 10.0 Å². The molecule has 10 heteroatoms. The van der Waals surface area contributed by atoms with Gasteiger partial charge in [-0.25, -0.2) is 8.42 Å². The molecule has 0 saturated carbocycles. The Labute approximate surface area is 200 Å². The predicted molar refractivity (Wildman–Crippen MR) is 136 cm³/mol. The Morgan fingerprint density at radius 1 is 1.13 bits per heavy atom. The zero-order chi connectivity index (χ0) is 22.3. The minimum atomic E-state index is -3.34. The first-order valence-corrected chi connectivity index (χ1v) is 13.0. The highest BCUT2D eigenvalue weighted by Crippen LogP contribution is 2.44. The molecule has 0 aliphatic carbocycles. The molecule has 3 heterocycles. The van der Waals surface area contributed by atoms with Gasteiger partial charge >= 0.3 is 0 Å². The SMILES string of the molecule is Cc1[nH]c(C)c(C2C(c3ccccn3)NC(=S)N2c2ccc(NS(C)(=O)=O)cc2)c1I.